The Bertz CT molecular complexity index is 526. The van der Waals surface area contributed by atoms with E-state index < -0.39 is 47.1 Å². The summed E-state index contributed by atoms with van der Waals surface area (Å²) in [6, 6.07) is 0. The Morgan fingerprint density at radius 1 is 0.917 bits per heavy atom. The molecule has 0 amide bonds. The first kappa shape index (κ1) is 24.6. The Kier molecular flexibility index (Phi) is 12.1. The molecule has 0 spiro atoms. The summed E-state index contributed by atoms with van der Waals surface area (Å²) in [6.07, 6.45) is 0.227. The third kappa shape index (κ3) is 7.27. The van der Waals surface area contributed by atoms with Gasteiger partial charge in [-0.2, -0.15) is 0 Å². The molecule has 0 saturated carbocycles. The van der Waals surface area contributed by atoms with Crippen molar-refractivity contribution in [3.05, 3.63) is 0 Å². The number of carbonyl (C=O) groups excluding carboxylic acids is 6. The Morgan fingerprint density at radius 2 is 1.46 bits per heavy atom. The third-order valence-electron chi connectivity index (χ3n) is 2.88. The van der Waals surface area contributed by atoms with E-state index >= 15 is 0 Å². The molecule has 0 aromatic heterocycles. The van der Waals surface area contributed by atoms with Crippen molar-refractivity contribution >= 4 is 35.3 Å². The second kappa shape index (κ2) is 11.8. The molecule has 2 atom stereocenters. The third-order valence-corrected chi connectivity index (χ3v) is 2.88. The smallest absolute Gasteiger partial charge is 0.383 e. The van der Waals surface area contributed by atoms with Gasteiger partial charge in [0.2, 0.25) is 0 Å². The van der Waals surface area contributed by atoms with E-state index in [1.807, 2.05) is 0 Å². The van der Waals surface area contributed by atoms with Gasteiger partial charge in [-0.1, -0.05) is 6.92 Å². The molecule has 0 aliphatic carbocycles. The molecule has 0 saturated heterocycles. The second-order valence-electron chi connectivity index (χ2n) is 4.78. The quantitative estimate of drug-likeness (QED) is 0.245. The van der Waals surface area contributed by atoms with Crippen LogP contribution in [0.3, 0.4) is 0 Å². The number of ether oxygens (including phenoxy) is 2. The zero-order chi connectivity index (χ0) is 18.2. The van der Waals surface area contributed by atoms with Crippen LogP contribution in [-0.4, -0.2) is 41.9 Å². The van der Waals surface area contributed by atoms with Crippen molar-refractivity contribution in [3.63, 3.8) is 0 Å². The minimum atomic E-state index is -1.85. The Balaban J connectivity index is 0. The Morgan fingerprint density at radius 3 is 1.83 bits per heavy atom. The molecule has 0 aliphatic rings. The molecule has 24 heavy (non-hydrogen) atoms. The number of carbonyl (C=O) groups is 6. The summed E-state index contributed by atoms with van der Waals surface area (Å²) >= 11 is 0. The van der Waals surface area contributed by atoms with Gasteiger partial charge in [-0.25, -0.2) is 4.79 Å². The van der Waals surface area contributed by atoms with Crippen LogP contribution in [0.15, 0.2) is 0 Å². The molecule has 2 unspecified atom stereocenters. The first-order chi connectivity index (χ1) is 10.7. The largest absolute Gasteiger partial charge is 0.465 e. The maximum Gasteiger partial charge on any atom is 0.383 e. The normalized spacial score (nSPS) is 12.2. The summed E-state index contributed by atoms with van der Waals surface area (Å²) in [7, 11) is 0. The number of hydrogen-bond acceptors (Lipinski definition) is 8. The zero-order valence-corrected chi connectivity index (χ0v) is 15.6. The van der Waals surface area contributed by atoms with Crippen LogP contribution in [0.1, 0.15) is 40.5 Å². The SMILES string of the molecule is CCCC(=O)C(C(=O)C(=O)OC(C)=O)C(C(C)=O)C(=O)OCC.[Ti]. The van der Waals surface area contributed by atoms with Crippen LogP contribution in [0.4, 0.5) is 0 Å². The zero-order valence-electron chi connectivity index (χ0n) is 14.0. The van der Waals surface area contributed by atoms with E-state index in [4.69, 9.17) is 4.74 Å². The number of esters is 3. The molecular weight excluding hydrogens is 356 g/mol. The predicted molar refractivity (Wildman–Crippen MR) is 76.0 cm³/mol. The minimum Gasteiger partial charge on any atom is -0.465 e. The van der Waals surface area contributed by atoms with Crippen molar-refractivity contribution in [1.82, 2.24) is 0 Å². The molecular formula is C15H20O8Ti. The summed E-state index contributed by atoms with van der Waals surface area (Å²) in [5.41, 5.74) is 0. The van der Waals surface area contributed by atoms with Gasteiger partial charge in [-0.15, -0.1) is 0 Å². The van der Waals surface area contributed by atoms with E-state index in [1.54, 1.807) is 6.92 Å². The number of ketones is 3. The number of rotatable bonds is 9. The van der Waals surface area contributed by atoms with Crippen molar-refractivity contribution in [2.45, 2.75) is 40.5 Å². The van der Waals surface area contributed by atoms with Crippen molar-refractivity contribution in [2.75, 3.05) is 6.61 Å². The van der Waals surface area contributed by atoms with Crippen molar-refractivity contribution in [1.29, 1.82) is 0 Å². The second-order valence-corrected chi connectivity index (χ2v) is 4.78. The molecule has 8 nitrogen and oxygen atoms in total. The van der Waals surface area contributed by atoms with Crippen molar-refractivity contribution in [2.24, 2.45) is 11.8 Å². The molecule has 0 N–H and O–H groups in total. The summed E-state index contributed by atoms with van der Waals surface area (Å²) in [5.74, 6) is -10.2. The minimum absolute atomic E-state index is 0. The number of hydrogen-bond donors (Lipinski definition) is 0. The predicted octanol–water partition coefficient (Wildman–Crippen LogP) is 0.396. The maximum absolute atomic E-state index is 12.2. The molecule has 0 bridgehead atoms. The Hall–Kier alpha value is -1.67. The number of Topliss-reactive ketones (excluding diaryl/α,β-unsaturated/α-hetero) is 3. The summed E-state index contributed by atoms with van der Waals surface area (Å²) < 4.78 is 8.85. The Labute approximate surface area is 154 Å². The summed E-state index contributed by atoms with van der Waals surface area (Å²) in [5, 5.41) is 0. The van der Waals surface area contributed by atoms with Crippen LogP contribution in [0, 0.1) is 11.8 Å². The van der Waals surface area contributed by atoms with Gasteiger partial charge in [0, 0.05) is 35.1 Å². The molecule has 0 aromatic carbocycles. The van der Waals surface area contributed by atoms with Crippen LogP contribution in [0.2, 0.25) is 0 Å². The molecule has 9 heteroatoms. The molecule has 0 aliphatic heterocycles. The first-order valence-corrected chi connectivity index (χ1v) is 7.13. The average molecular weight is 376 g/mol. The molecule has 0 rings (SSSR count). The van der Waals surface area contributed by atoms with E-state index in [-0.39, 0.29) is 34.7 Å². The molecule has 132 valence electrons. The van der Waals surface area contributed by atoms with Gasteiger partial charge in [0.25, 0.3) is 5.78 Å². The van der Waals surface area contributed by atoms with Crippen LogP contribution in [0.25, 0.3) is 0 Å². The van der Waals surface area contributed by atoms with Crippen LogP contribution >= 0.6 is 0 Å². The molecule has 0 heterocycles. The summed E-state index contributed by atoms with van der Waals surface area (Å²) in [6.45, 7) is 4.99. The molecule has 0 aromatic rings. The summed E-state index contributed by atoms with van der Waals surface area (Å²) in [4.78, 5) is 70.3. The van der Waals surface area contributed by atoms with Crippen LogP contribution in [-0.2, 0) is 60.0 Å². The fourth-order valence-corrected chi connectivity index (χ4v) is 1.96. The standard InChI is InChI=1S/C15H20O8.Ti/c1-5-7-10(18)12(13(19)15(21)23-9(4)17)11(8(3)16)14(20)22-6-2;/h11-12H,5-7H2,1-4H3;. The van der Waals surface area contributed by atoms with Crippen molar-refractivity contribution in [3.8, 4) is 0 Å². The fourth-order valence-electron chi connectivity index (χ4n) is 1.96. The van der Waals surface area contributed by atoms with Gasteiger partial charge < -0.3 is 9.47 Å². The van der Waals surface area contributed by atoms with Gasteiger partial charge in [-0.05, 0) is 20.3 Å². The van der Waals surface area contributed by atoms with Gasteiger partial charge in [-0.3, -0.25) is 24.0 Å². The van der Waals surface area contributed by atoms with E-state index in [0.29, 0.717) is 6.42 Å². The van der Waals surface area contributed by atoms with E-state index in [2.05, 4.69) is 4.74 Å². The van der Waals surface area contributed by atoms with Gasteiger partial charge >= 0.3 is 17.9 Å². The van der Waals surface area contributed by atoms with Crippen LogP contribution in [0.5, 0.6) is 0 Å². The van der Waals surface area contributed by atoms with Crippen molar-refractivity contribution < 1.29 is 60.0 Å². The van der Waals surface area contributed by atoms with E-state index in [9.17, 15) is 28.8 Å². The van der Waals surface area contributed by atoms with E-state index in [1.165, 1.54) is 6.92 Å². The van der Waals surface area contributed by atoms with Crippen LogP contribution < -0.4 is 0 Å². The van der Waals surface area contributed by atoms with Gasteiger partial charge in [0.15, 0.2) is 0 Å². The molecule has 0 radical (unpaired) electrons. The monoisotopic (exact) mass is 376 g/mol. The first-order valence-electron chi connectivity index (χ1n) is 7.13. The average Bonchev–Trinajstić information content (AvgIpc) is 2.42. The topological polar surface area (TPSA) is 121 Å². The maximum atomic E-state index is 12.2. The van der Waals surface area contributed by atoms with E-state index in [0.717, 1.165) is 13.8 Å². The van der Waals surface area contributed by atoms with Gasteiger partial charge in [0.05, 0.1) is 6.61 Å². The van der Waals surface area contributed by atoms with Gasteiger partial charge in [0.1, 0.15) is 23.4 Å². The fraction of sp³-hybridized carbons (Fsp3) is 0.600. The molecule has 0 fully saturated rings.